The van der Waals surface area contributed by atoms with Crippen LogP contribution in [0.1, 0.15) is 16.7 Å². The van der Waals surface area contributed by atoms with E-state index < -0.39 is 5.91 Å². The highest BCUT2D eigenvalue weighted by Crippen LogP contribution is 2.40. The Balaban J connectivity index is 1.58. The van der Waals surface area contributed by atoms with E-state index in [-0.39, 0.29) is 5.24 Å². The maximum atomic E-state index is 12.9. The average Bonchev–Trinajstić information content (AvgIpc) is 3.06. The maximum absolute atomic E-state index is 12.9. The maximum Gasteiger partial charge on any atom is 0.298 e. The number of imide groups is 1. The molecule has 0 aliphatic carbocycles. The number of methoxy groups -OCH3 is 1. The van der Waals surface area contributed by atoms with Crippen LogP contribution in [0.4, 0.5) is 10.5 Å². The zero-order valence-electron chi connectivity index (χ0n) is 17.8. The third kappa shape index (κ3) is 5.27. The number of thioether (sulfide) groups is 1. The molecular weight excluding hydrogens is 526 g/mol. The molecule has 1 heterocycles. The van der Waals surface area contributed by atoms with Gasteiger partial charge in [0.1, 0.15) is 6.61 Å². The number of nitrogens with zero attached hydrogens (tertiary/aromatic N) is 1. The highest BCUT2D eigenvalue weighted by molar-refractivity contribution is 9.10. The Labute approximate surface area is 209 Å². The molecule has 8 heteroatoms. The van der Waals surface area contributed by atoms with Gasteiger partial charge in [-0.3, -0.25) is 9.59 Å². The third-order valence-corrected chi connectivity index (χ3v) is 6.61. The number of rotatable bonds is 6. The minimum atomic E-state index is -0.401. The van der Waals surface area contributed by atoms with Crippen LogP contribution in [0.15, 0.2) is 70.0 Å². The zero-order valence-corrected chi connectivity index (χ0v) is 21.0. The smallest absolute Gasteiger partial charge is 0.298 e. The molecule has 3 aromatic rings. The molecule has 0 saturated carbocycles. The molecule has 0 unspecified atom stereocenters. The molecule has 1 fully saturated rings. The van der Waals surface area contributed by atoms with Crippen LogP contribution in [0.25, 0.3) is 6.08 Å². The molecule has 2 amide bonds. The minimum absolute atomic E-state index is 0.308. The molecule has 4 rings (SSSR count). The van der Waals surface area contributed by atoms with Gasteiger partial charge in [-0.15, -0.1) is 0 Å². The van der Waals surface area contributed by atoms with Crippen molar-refractivity contribution in [1.29, 1.82) is 0 Å². The second kappa shape index (κ2) is 10.0. The first-order valence-corrected chi connectivity index (χ1v) is 11.9. The molecule has 1 saturated heterocycles. The lowest BCUT2D eigenvalue weighted by molar-refractivity contribution is -0.113. The van der Waals surface area contributed by atoms with Crippen LogP contribution >= 0.6 is 39.3 Å². The summed E-state index contributed by atoms with van der Waals surface area (Å²) in [5.74, 6) is 0.668. The summed E-state index contributed by atoms with van der Waals surface area (Å²) in [5.41, 5.74) is 3.35. The number of benzene rings is 3. The predicted molar refractivity (Wildman–Crippen MR) is 136 cm³/mol. The van der Waals surface area contributed by atoms with Crippen LogP contribution in [-0.4, -0.2) is 18.3 Å². The fourth-order valence-electron chi connectivity index (χ4n) is 3.26. The number of aryl methyl sites for hydroxylation is 1. The first kappa shape index (κ1) is 23.4. The summed E-state index contributed by atoms with van der Waals surface area (Å²) in [6.45, 7) is 2.42. The Morgan fingerprint density at radius 1 is 1.09 bits per heavy atom. The lowest BCUT2D eigenvalue weighted by atomic mass is 10.1. The van der Waals surface area contributed by atoms with E-state index in [1.54, 1.807) is 43.5 Å². The Morgan fingerprint density at radius 2 is 1.85 bits per heavy atom. The van der Waals surface area contributed by atoms with Gasteiger partial charge in [-0.05, 0) is 82.2 Å². The van der Waals surface area contributed by atoms with Crippen molar-refractivity contribution in [2.45, 2.75) is 13.5 Å². The Bertz CT molecular complexity index is 1260. The van der Waals surface area contributed by atoms with Gasteiger partial charge >= 0.3 is 0 Å². The van der Waals surface area contributed by atoms with E-state index in [2.05, 4.69) is 15.9 Å². The number of carbonyl (C=O) groups is 2. The number of hydrogen-bond donors (Lipinski definition) is 0. The van der Waals surface area contributed by atoms with Gasteiger partial charge in [0.15, 0.2) is 11.5 Å². The number of hydrogen-bond acceptors (Lipinski definition) is 5. The molecule has 0 aromatic heterocycles. The van der Waals surface area contributed by atoms with Gasteiger partial charge in [-0.2, -0.15) is 0 Å². The Morgan fingerprint density at radius 3 is 2.55 bits per heavy atom. The molecule has 0 bridgehead atoms. The normalized spacial score (nSPS) is 14.8. The van der Waals surface area contributed by atoms with Crippen molar-refractivity contribution in [3.63, 3.8) is 0 Å². The van der Waals surface area contributed by atoms with Gasteiger partial charge in [0.05, 0.1) is 22.2 Å². The number of anilines is 1. The zero-order chi connectivity index (χ0) is 23.5. The second-order valence-electron chi connectivity index (χ2n) is 7.31. The van der Waals surface area contributed by atoms with Crippen LogP contribution in [0, 0.1) is 6.92 Å². The molecule has 0 N–H and O–H groups in total. The first-order valence-electron chi connectivity index (χ1n) is 9.95. The summed E-state index contributed by atoms with van der Waals surface area (Å²) in [7, 11) is 1.55. The van der Waals surface area contributed by atoms with Crippen molar-refractivity contribution in [3.8, 4) is 11.5 Å². The van der Waals surface area contributed by atoms with E-state index in [1.165, 1.54) is 5.56 Å². The largest absolute Gasteiger partial charge is 0.493 e. The van der Waals surface area contributed by atoms with Gasteiger partial charge in [-0.1, -0.05) is 47.5 Å². The molecule has 0 atom stereocenters. The fraction of sp³-hybridized carbons (Fsp3) is 0.120. The number of carbonyl (C=O) groups excluding carboxylic acids is 2. The standard InChI is InChI=1S/C25H19BrClNO4S/c1-15-6-8-16(9-7-15)14-32-23-20(26)10-17(11-21(23)31-2)12-22-24(29)28(25(30)33-22)19-5-3-4-18(27)13-19/h3-13H,14H2,1-2H3/b22-12+. The second-order valence-corrected chi connectivity index (χ2v) is 9.59. The average molecular weight is 545 g/mol. The summed E-state index contributed by atoms with van der Waals surface area (Å²) >= 11 is 10.4. The predicted octanol–water partition coefficient (Wildman–Crippen LogP) is 7.24. The topological polar surface area (TPSA) is 55.8 Å². The van der Waals surface area contributed by atoms with Crippen molar-refractivity contribution in [2.24, 2.45) is 0 Å². The van der Waals surface area contributed by atoms with Crippen LogP contribution in [0.2, 0.25) is 5.02 Å². The number of halogens is 2. The van der Waals surface area contributed by atoms with Gasteiger partial charge in [0.25, 0.3) is 11.1 Å². The Hall–Kier alpha value is -2.74. The Kier molecular flexibility index (Phi) is 7.12. The molecular formula is C25H19BrClNO4S. The minimum Gasteiger partial charge on any atom is -0.493 e. The fourth-order valence-corrected chi connectivity index (χ4v) is 4.86. The number of ether oxygens (including phenoxy) is 2. The summed E-state index contributed by atoms with van der Waals surface area (Å²) < 4.78 is 12.2. The molecule has 1 aliphatic rings. The summed E-state index contributed by atoms with van der Waals surface area (Å²) in [5, 5.41) is 0.0722. The highest BCUT2D eigenvalue weighted by Gasteiger charge is 2.36. The molecule has 3 aromatic carbocycles. The lowest BCUT2D eigenvalue weighted by Gasteiger charge is -2.14. The monoisotopic (exact) mass is 543 g/mol. The van der Waals surface area contributed by atoms with Gasteiger partial charge in [-0.25, -0.2) is 4.90 Å². The molecule has 168 valence electrons. The van der Waals surface area contributed by atoms with Crippen molar-refractivity contribution < 1.29 is 19.1 Å². The van der Waals surface area contributed by atoms with E-state index in [1.807, 2.05) is 37.3 Å². The van der Waals surface area contributed by atoms with Gasteiger partial charge in [0, 0.05) is 5.02 Å². The molecule has 0 radical (unpaired) electrons. The summed E-state index contributed by atoms with van der Waals surface area (Å²) in [4.78, 5) is 26.9. The van der Waals surface area contributed by atoms with Crippen molar-refractivity contribution in [2.75, 3.05) is 12.0 Å². The molecule has 0 spiro atoms. The van der Waals surface area contributed by atoms with E-state index in [9.17, 15) is 9.59 Å². The molecule has 1 aliphatic heterocycles. The summed E-state index contributed by atoms with van der Waals surface area (Å²) in [6, 6.07) is 18.3. The third-order valence-electron chi connectivity index (χ3n) is 4.91. The molecule has 33 heavy (non-hydrogen) atoms. The highest BCUT2D eigenvalue weighted by atomic mass is 79.9. The van der Waals surface area contributed by atoms with Crippen LogP contribution in [-0.2, 0) is 11.4 Å². The van der Waals surface area contributed by atoms with E-state index >= 15 is 0 Å². The van der Waals surface area contributed by atoms with E-state index in [0.717, 1.165) is 22.2 Å². The van der Waals surface area contributed by atoms with Crippen molar-refractivity contribution in [1.82, 2.24) is 0 Å². The first-order chi connectivity index (χ1) is 15.9. The van der Waals surface area contributed by atoms with Crippen molar-refractivity contribution in [3.05, 3.63) is 91.8 Å². The lowest BCUT2D eigenvalue weighted by Crippen LogP contribution is -2.27. The SMILES string of the molecule is COc1cc(/C=C2/SC(=O)N(c3cccc(Cl)c3)C2=O)cc(Br)c1OCc1ccc(C)cc1. The number of amides is 2. The van der Waals surface area contributed by atoms with E-state index in [4.69, 9.17) is 21.1 Å². The van der Waals surface area contributed by atoms with Gasteiger partial charge < -0.3 is 9.47 Å². The summed E-state index contributed by atoms with van der Waals surface area (Å²) in [6.07, 6.45) is 1.66. The molecule has 5 nitrogen and oxygen atoms in total. The van der Waals surface area contributed by atoms with E-state index in [0.29, 0.717) is 43.8 Å². The van der Waals surface area contributed by atoms with Crippen LogP contribution in [0.5, 0.6) is 11.5 Å². The van der Waals surface area contributed by atoms with Crippen LogP contribution in [0.3, 0.4) is 0 Å². The van der Waals surface area contributed by atoms with Gasteiger partial charge in [0.2, 0.25) is 0 Å². The van der Waals surface area contributed by atoms with Crippen LogP contribution < -0.4 is 14.4 Å². The van der Waals surface area contributed by atoms with Crippen molar-refractivity contribution >= 4 is 62.2 Å². The quantitative estimate of drug-likeness (QED) is 0.306.